The largest absolute Gasteiger partial charge is 0.371 e. The number of hydrogen-bond donors (Lipinski definition) is 0. The lowest BCUT2D eigenvalue weighted by Crippen LogP contribution is -2.30. The Morgan fingerprint density at radius 3 is 2.46 bits per heavy atom. The van der Waals surface area contributed by atoms with E-state index in [0.29, 0.717) is 0 Å². The van der Waals surface area contributed by atoms with Crippen molar-refractivity contribution < 1.29 is 0 Å². The third-order valence-electron chi connectivity index (χ3n) is 5.77. The Bertz CT molecular complexity index is 895. The Kier molecular flexibility index (Phi) is 7.33. The predicted octanol–water partition coefficient (Wildman–Crippen LogP) is 6.38. The summed E-state index contributed by atoms with van der Waals surface area (Å²) in [6.45, 7) is 4.65. The van der Waals surface area contributed by atoms with Crippen molar-refractivity contribution in [1.82, 2.24) is 4.98 Å². The molecular weight excluding hydrogens is 364 g/mol. The van der Waals surface area contributed by atoms with Crippen molar-refractivity contribution in [1.29, 1.82) is 0 Å². The molecule has 2 nitrogen and oxygen atoms in total. The van der Waals surface area contributed by atoms with Crippen molar-refractivity contribution in [2.45, 2.75) is 51.9 Å². The van der Waals surface area contributed by atoms with Crippen LogP contribution in [0.4, 0.5) is 5.69 Å². The standard InChI is InChI=1S/C25H30N2.ClH/c1-2-9-22-19-26-23(18-25(22)27-16-6-3-7-17-27)15-14-21-12-8-11-20-10-4-5-13-24(20)21;/h4-5,8,10-13,18-19H,2-3,6-7,9,14-17H2,1H3;1H. The topological polar surface area (TPSA) is 16.1 Å². The van der Waals surface area contributed by atoms with Gasteiger partial charge < -0.3 is 4.90 Å². The van der Waals surface area contributed by atoms with Crippen molar-refractivity contribution in [2.24, 2.45) is 0 Å². The van der Waals surface area contributed by atoms with Gasteiger partial charge in [-0.3, -0.25) is 4.98 Å². The molecule has 2 heterocycles. The number of benzene rings is 2. The molecule has 0 saturated carbocycles. The first-order chi connectivity index (χ1) is 13.3. The van der Waals surface area contributed by atoms with E-state index in [1.54, 1.807) is 0 Å². The van der Waals surface area contributed by atoms with E-state index in [9.17, 15) is 0 Å². The molecule has 1 aromatic heterocycles. The van der Waals surface area contributed by atoms with Crippen molar-refractivity contribution in [3.8, 4) is 0 Å². The van der Waals surface area contributed by atoms with E-state index < -0.39 is 0 Å². The summed E-state index contributed by atoms with van der Waals surface area (Å²) < 4.78 is 0. The van der Waals surface area contributed by atoms with E-state index in [0.717, 1.165) is 19.3 Å². The van der Waals surface area contributed by atoms with Gasteiger partial charge in [-0.15, -0.1) is 12.4 Å². The maximum atomic E-state index is 4.82. The summed E-state index contributed by atoms with van der Waals surface area (Å²) in [6.07, 6.45) is 10.5. The van der Waals surface area contributed by atoms with Crippen molar-refractivity contribution >= 4 is 28.9 Å². The molecule has 1 aliphatic rings. The number of pyridine rings is 1. The van der Waals surface area contributed by atoms with Crippen molar-refractivity contribution in [3.05, 3.63) is 71.5 Å². The summed E-state index contributed by atoms with van der Waals surface area (Å²) in [5.41, 5.74) is 5.52. The minimum absolute atomic E-state index is 0. The Labute approximate surface area is 175 Å². The highest BCUT2D eigenvalue weighted by Crippen LogP contribution is 2.27. The van der Waals surface area contributed by atoms with E-state index in [1.165, 1.54) is 72.1 Å². The zero-order chi connectivity index (χ0) is 18.5. The number of anilines is 1. The monoisotopic (exact) mass is 394 g/mol. The molecule has 1 saturated heterocycles. The van der Waals surface area contributed by atoms with Crippen LogP contribution in [-0.4, -0.2) is 18.1 Å². The molecule has 148 valence electrons. The molecule has 0 atom stereocenters. The lowest BCUT2D eigenvalue weighted by molar-refractivity contribution is 0.575. The fourth-order valence-electron chi connectivity index (χ4n) is 4.32. The zero-order valence-electron chi connectivity index (χ0n) is 16.9. The molecule has 0 unspecified atom stereocenters. The van der Waals surface area contributed by atoms with E-state index in [2.05, 4.69) is 66.6 Å². The first kappa shape index (κ1) is 20.7. The fraction of sp³-hybridized carbons (Fsp3) is 0.400. The lowest BCUT2D eigenvalue weighted by atomic mass is 9.99. The van der Waals surface area contributed by atoms with Crippen LogP contribution in [-0.2, 0) is 19.3 Å². The highest BCUT2D eigenvalue weighted by atomic mass is 35.5. The second kappa shape index (κ2) is 9.93. The number of aromatic nitrogens is 1. The first-order valence-corrected chi connectivity index (χ1v) is 10.5. The van der Waals surface area contributed by atoms with Crippen LogP contribution in [0.2, 0.25) is 0 Å². The lowest BCUT2D eigenvalue weighted by Gasteiger charge is -2.31. The molecule has 4 rings (SSSR count). The smallest absolute Gasteiger partial charge is 0.0432 e. The molecule has 0 N–H and O–H groups in total. The summed E-state index contributed by atoms with van der Waals surface area (Å²) in [6, 6.07) is 17.7. The molecule has 0 aliphatic carbocycles. The number of aryl methyl sites for hydroxylation is 3. The SMILES string of the molecule is CCCc1cnc(CCc2cccc3ccccc23)cc1N1CCCCC1.Cl. The van der Waals surface area contributed by atoms with Gasteiger partial charge in [0.2, 0.25) is 0 Å². The van der Waals surface area contributed by atoms with Crippen molar-refractivity contribution in [2.75, 3.05) is 18.0 Å². The molecule has 3 aromatic rings. The third kappa shape index (κ3) is 4.67. The molecule has 0 radical (unpaired) electrons. The number of halogens is 1. The van der Waals surface area contributed by atoms with Crippen LogP contribution in [0.1, 0.15) is 49.4 Å². The van der Waals surface area contributed by atoms with Crippen LogP contribution < -0.4 is 4.90 Å². The normalized spacial score (nSPS) is 14.1. The Morgan fingerprint density at radius 1 is 0.857 bits per heavy atom. The van der Waals surface area contributed by atoms with E-state index in [4.69, 9.17) is 4.98 Å². The van der Waals surface area contributed by atoms with Crippen LogP contribution in [0.3, 0.4) is 0 Å². The first-order valence-electron chi connectivity index (χ1n) is 10.5. The van der Waals surface area contributed by atoms with Crippen LogP contribution in [0.5, 0.6) is 0 Å². The summed E-state index contributed by atoms with van der Waals surface area (Å²) in [5, 5.41) is 2.70. The Hall–Kier alpha value is -2.06. The summed E-state index contributed by atoms with van der Waals surface area (Å²) in [7, 11) is 0. The van der Waals surface area contributed by atoms with Gasteiger partial charge in [0, 0.05) is 30.7 Å². The summed E-state index contributed by atoms with van der Waals surface area (Å²) in [5.74, 6) is 0. The van der Waals surface area contributed by atoms with Gasteiger partial charge in [-0.1, -0.05) is 55.8 Å². The summed E-state index contributed by atoms with van der Waals surface area (Å²) >= 11 is 0. The average molecular weight is 395 g/mol. The van der Waals surface area contributed by atoms with Gasteiger partial charge in [-0.25, -0.2) is 0 Å². The van der Waals surface area contributed by atoms with Gasteiger partial charge in [-0.2, -0.15) is 0 Å². The fourth-order valence-corrected chi connectivity index (χ4v) is 4.32. The van der Waals surface area contributed by atoms with Crippen LogP contribution in [0, 0.1) is 0 Å². The highest BCUT2D eigenvalue weighted by Gasteiger charge is 2.15. The maximum absolute atomic E-state index is 4.82. The molecule has 0 bridgehead atoms. The van der Waals surface area contributed by atoms with Crippen LogP contribution in [0.15, 0.2) is 54.7 Å². The van der Waals surface area contributed by atoms with E-state index in [-0.39, 0.29) is 12.4 Å². The molecule has 0 amide bonds. The van der Waals surface area contributed by atoms with Gasteiger partial charge in [0.05, 0.1) is 0 Å². The van der Waals surface area contributed by atoms with Gasteiger partial charge in [-0.05, 0) is 66.5 Å². The molecule has 28 heavy (non-hydrogen) atoms. The number of fused-ring (bicyclic) bond motifs is 1. The minimum Gasteiger partial charge on any atom is -0.371 e. The Morgan fingerprint density at radius 2 is 1.64 bits per heavy atom. The average Bonchev–Trinajstić information content (AvgIpc) is 2.74. The van der Waals surface area contributed by atoms with Crippen LogP contribution in [0.25, 0.3) is 10.8 Å². The van der Waals surface area contributed by atoms with E-state index >= 15 is 0 Å². The molecule has 1 aliphatic heterocycles. The van der Waals surface area contributed by atoms with Gasteiger partial charge in [0.15, 0.2) is 0 Å². The number of piperidine rings is 1. The molecule has 3 heteroatoms. The third-order valence-corrected chi connectivity index (χ3v) is 5.77. The second-order valence-electron chi connectivity index (χ2n) is 7.74. The van der Waals surface area contributed by atoms with Gasteiger partial charge in [0.1, 0.15) is 0 Å². The molecule has 2 aromatic carbocycles. The quantitative estimate of drug-likeness (QED) is 0.481. The number of hydrogen-bond acceptors (Lipinski definition) is 2. The van der Waals surface area contributed by atoms with Gasteiger partial charge >= 0.3 is 0 Å². The van der Waals surface area contributed by atoms with Crippen molar-refractivity contribution in [3.63, 3.8) is 0 Å². The molecular formula is C25H31ClN2. The highest BCUT2D eigenvalue weighted by molar-refractivity contribution is 5.86. The maximum Gasteiger partial charge on any atom is 0.0432 e. The van der Waals surface area contributed by atoms with Gasteiger partial charge in [0.25, 0.3) is 0 Å². The zero-order valence-corrected chi connectivity index (χ0v) is 17.7. The van der Waals surface area contributed by atoms with Crippen LogP contribution >= 0.6 is 12.4 Å². The second-order valence-corrected chi connectivity index (χ2v) is 7.74. The predicted molar refractivity (Wildman–Crippen MR) is 123 cm³/mol. The summed E-state index contributed by atoms with van der Waals surface area (Å²) in [4.78, 5) is 7.42. The molecule has 1 fully saturated rings. The number of rotatable bonds is 6. The Balaban J connectivity index is 0.00000225. The number of nitrogens with zero attached hydrogens (tertiary/aromatic N) is 2. The molecule has 0 spiro atoms. The minimum atomic E-state index is 0. The van der Waals surface area contributed by atoms with E-state index in [1.807, 2.05) is 0 Å².